The third-order valence-electron chi connectivity index (χ3n) is 15.9. The van der Waals surface area contributed by atoms with Crippen molar-refractivity contribution in [2.75, 3.05) is 39.6 Å². The quantitative estimate of drug-likeness (QED) is 0.0222. The van der Waals surface area contributed by atoms with Crippen molar-refractivity contribution in [2.24, 2.45) is 23.7 Å². The molecule has 0 bridgehead atoms. The standard InChI is InChI=1S/C68H132O17P2/c1-9-61(8)47-39-31-25-27-33-41-49-66(71)79-55-64(85-67(72)50-42-34-22-18-13-11-10-12-16-20-28-36-44-58(2)3)57-83-87(76,77)81-53-62(69)52-80-86(74,75)82-56-63(54-78-65(70)48-40-32-26-24-30-38-46-60(6)7)84-68(73)51-43-35-23-19-15-14-17-21-29-37-45-59(4)5/h58-64,69H,9-57H2,1-8H3,(H,74,75)(H,76,77)/t61?,62-,63-,64-/m1/s1. The van der Waals surface area contributed by atoms with Crippen LogP contribution in [0.1, 0.15) is 331 Å². The predicted octanol–water partition coefficient (Wildman–Crippen LogP) is 18.9. The molecule has 0 aromatic heterocycles. The Kier molecular flexibility index (Phi) is 56.6. The third kappa shape index (κ3) is 61.3. The van der Waals surface area contributed by atoms with E-state index in [0.717, 1.165) is 120 Å². The Balaban J connectivity index is 5.24. The van der Waals surface area contributed by atoms with Gasteiger partial charge in [-0.2, -0.15) is 0 Å². The minimum Gasteiger partial charge on any atom is -0.462 e. The van der Waals surface area contributed by atoms with Gasteiger partial charge in [-0.05, 0) is 49.4 Å². The van der Waals surface area contributed by atoms with Gasteiger partial charge in [0.1, 0.15) is 19.3 Å². The zero-order valence-corrected chi connectivity index (χ0v) is 58.4. The number of aliphatic hydroxyl groups is 1. The zero-order chi connectivity index (χ0) is 64.7. The van der Waals surface area contributed by atoms with Crippen molar-refractivity contribution in [1.29, 1.82) is 0 Å². The molecule has 0 aromatic rings. The Morgan fingerprint density at radius 2 is 0.552 bits per heavy atom. The number of carbonyl (C=O) groups is 4. The Hall–Kier alpha value is -1.94. The second kappa shape index (κ2) is 57.9. The van der Waals surface area contributed by atoms with Gasteiger partial charge in [0.15, 0.2) is 12.2 Å². The van der Waals surface area contributed by atoms with Gasteiger partial charge in [-0.15, -0.1) is 0 Å². The van der Waals surface area contributed by atoms with Crippen LogP contribution in [0.15, 0.2) is 0 Å². The first kappa shape index (κ1) is 85.1. The van der Waals surface area contributed by atoms with Crippen LogP contribution >= 0.6 is 15.6 Å². The number of hydrogen-bond donors (Lipinski definition) is 3. The lowest BCUT2D eigenvalue weighted by Gasteiger charge is -2.21. The highest BCUT2D eigenvalue weighted by atomic mass is 31.2. The molecule has 17 nitrogen and oxygen atoms in total. The summed E-state index contributed by atoms with van der Waals surface area (Å²) >= 11 is 0. The summed E-state index contributed by atoms with van der Waals surface area (Å²) in [5, 5.41) is 10.6. The second-order valence-electron chi connectivity index (χ2n) is 26.2. The highest BCUT2D eigenvalue weighted by Gasteiger charge is 2.30. The van der Waals surface area contributed by atoms with E-state index in [1.165, 1.54) is 122 Å². The normalized spacial score (nSPS) is 14.6. The molecule has 0 rings (SSSR count). The summed E-state index contributed by atoms with van der Waals surface area (Å²) in [4.78, 5) is 72.4. The lowest BCUT2D eigenvalue weighted by molar-refractivity contribution is -0.161. The molecule has 0 aliphatic carbocycles. The van der Waals surface area contributed by atoms with Gasteiger partial charge in [-0.25, -0.2) is 9.13 Å². The molecule has 3 N–H and O–H groups in total. The number of hydrogen-bond acceptors (Lipinski definition) is 15. The van der Waals surface area contributed by atoms with Crippen molar-refractivity contribution >= 4 is 39.5 Å². The van der Waals surface area contributed by atoms with E-state index in [0.29, 0.717) is 31.6 Å². The maximum absolute atomic E-state index is 13.0. The molecule has 6 atom stereocenters. The summed E-state index contributed by atoms with van der Waals surface area (Å²) in [5.74, 6) is 0.804. The molecular formula is C68H132O17P2. The highest BCUT2D eigenvalue weighted by Crippen LogP contribution is 2.45. The maximum Gasteiger partial charge on any atom is 0.472 e. The summed E-state index contributed by atoms with van der Waals surface area (Å²) < 4.78 is 68.2. The van der Waals surface area contributed by atoms with Gasteiger partial charge in [0.05, 0.1) is 26.4 Å². The summed E-state index contributed by atoms with van der Waals surface area (Å²) in [6.07, 6.45) is 39.1. The van der Waals surface area contributed by atoms with Crippen LogP contribution in [-0.2, 0) is 65.4 Å². The van der Waals surface area contributed by atoms with E-state index in [1.54, 1.807) is 0 Å². The van der Waals surface area contributed by atoms with Crippen LogP contribution in [0.2, 0.25) is 0 Å². The van der Waals surface area contributed by atoms with E-state index in [-0.39, 0.29) is 25.7 Å². The van der Waals surface area contributed by atoms with Crippen LogP contribution in [-0.4, -0.2) is 96.7 Å². The van der Waals surface area contributed by atoms with Gasteiger partial charge in [0.25, 0.3) is 0 Å². The van der Waals surface area contributed by atoms with E-state index >= 15 is 0 Å². The molecule has 19 heteroatoms. The van der Waals surface area contributed by atoms with Gasteiger partial charge >= 0.3 is 39.5 Å². The van der Waals surface area contributed by atoms with Crippen molar-refractivity contribution in [2.45, 2.75) is 350 Å². The lowest BCUT2D eigenvalue weighted by Crippen LogP contribution is -2.30. The number of aliphatic hydroxyl groups excluding tert-OH is 1. The number of esters is 4. The number of phosphoric ester groups is 2. The molecule has 0 heterocycles. The molecule has 0 amide bonds. The Morgan fingerprint density at radius 1 is 0.322 bits per heavy atom. The summed E-state index contributed by atoms with van der Waals surface area (Å²) in [6, 6.07) is 0. The van der Waals surface area contributed by atoms with Crippen molar-refractivity contribution in [3.63, 3.8) is 0 Å². The van der Waals surface area contributed by atoms with Crippen molar-refractivity contribution < 1.29 is 80.2 Å². The maximum atomic E-state index is 13.0. The van der Waals surface area contributed by atoms with Crippen LogP contribution in [0.25, 0.3) is 0 Å². The monoisotopic (exact) mass is 1280 g/mol. The Morgan fingerprint density at radius 3 is 0.816 bits per heavy atom. The summed E-state index contributed by atoms with van der Waals surface area (Å²) in [7, 11) is -9.90. The van der Waals surface area contributed by atoms with Crippen molar-refractivity contribution in [3.8, 4) is 0 Å². The molecular weight excluding hydrogens is 1150 g/mol. The minimum absolute atomic E-state index is 0.104. The molecule has 0 aromatic carbocycles. The van der Waals surface area contributed by atoms with Crippen LogP contribution in [0.4, 0.5) is 0 Å². The topological polar surface area (TPSA) is 237 Å². The predicted molar refractivity (Wildman–Crippen MR) is 349 cm³/mol. The first-order valence-corrected chi connectivity index (χ1v) is 38.2. The molecule has 0 aliphatic heterocycles. The molecule has 0 spiro atoms. The average Bonchev–Trinajstić information content (AvgIpc) is 3.67. The smallest absolute Gasteiger partial charge is 0.462 e. The number of ether oxygens (including phenoxy) is 4. The van der Waals surface area contributed by atoms with Crippen LogP contribution < -0.4 is 0 Å². The fraction of sp³-hybridized carbons (Fsp3) is 0.941. The Labute approximate surface area is 530 Å². The van der Waals surface area contributed by atoms with Crippen LogP contribution in [0, 0.1) is 23.7 Å². The molecule has 0 aliphatic rings. The van der Waals surface area contributed by atoms with Gasteiger partial charge in [-0.3, -0.25) is 37.3 Å². The van der Waals surface area contributed by atoms with Gasteiger partial charge < -0.3 is 33.8 Å². The average molecular weight is 1280 g/mol. The fourth-order valence-electron chi connectivity index (χ4n) is 10.1. The van der Waals surface area contributed by atoms with Crippen LogP contribution in [0.5, 0.6) is 0 Å². The molecule has 0 saturated heterocycles. The number of phosphoric acid groups is 2. The van der Waals surface area contributed by atoms with Crippen molar-refractivity contribution in [3.05, 3.63) is 0 Å². The summed E-state index contributed by atoms with van der Waals surface area (Å²) in [6.45, 7) is 14.0. The number of rotatable bonds is 65. The number of carbonyl (C=O) groups excluding carboxylic acids is 4. The highest BCUT2D eigenvalue weighted by molar-refractivity contribution is 7.47. The van der Waals surface area contributed by atoms with E-state index in [4.69, 9.17) is 37.0 Å². The molecule has 87 heavy (non-hydrogen) atoms. The largest absolute Gasteiger partial charge is 0.472 e. The van der Waals surface area contributed by atoms with E-state index in [9.17, 15) is 43.2 Å². The minimum atomic E-state index is -4.95. The fourth-order valence-corrected chi connectivity index (χ4v) is 11.7. The first-order chi connectivity index (χ1) is 41.6. The van der Waals surface area contributed by atoms with E-state index in [2.05, 4.69) is 55.4 Å². The van der Waals surface area contributed by atoms with Crippen molar-refractivity contribution in [1.82, 2.24) is 0 Å². The molecule has 0 fully saturated rings. The van der Waals surface area contributed by atoms with Gasteiger partial charge in [0, 0.05) is 25.7 Å². The SMILES string of the molecule is CCC(C)CCCCCCCCC(=O)OC[C@H](COP(=O)(O)OC[C@H](O)COP(=O)(O)OC[C@@H](COC(=O)CCCCCCCCC(C)C)OC(=O)CCCCCCCCCCCCC(C)C)OC(=O)CCCCCCCCCCCCCCC(C)C. The lowest BCUT2D eigenvalue weighted by atomic mass is 10.00. The first-order valence-electron chi connectivity index (χ1n) is 35.2. The Bertz CT molecular complexity index is 1730. The van der Waals surface area contributed by atoms with E-state index in [1.807, 2.05) is 0 Å². The molecule has 0 saturated carbocycles. The number of unbranched alkanes of at least 4 members (excludes halogenated alkanes) is 30. The molecule has 516 valence electrons. The van der Waals surface area contributed by atoms with Gasteiger partial charge in [0.2, 0.25) is 0 Å². The zero-order valence-electron chi connectivity index (χ0n) is 56.6. The second-order valence-corrected chi connectivity index (χ2v) is 29.1. The van der Waals surface area contributed by atoms with E-state index < -0.39 is 97.5 Å². The van der Waals surface area contributed by atoms with Gasteiger partial charge in [-0.1, -0.05) is 280 Å². The molecule has 3 unspecified atom stereocenters. The molecule has 0 radical (unpaired) electrons. The third-order valence-corrected chi connectivity index (χ3v) is 17.8. The van der Waals surface area contributed by atoms with Crippen LogP contribution in [0.3, 0.4) is 0 Å². The summed E-state index contributed by atoms with van der Waals surface area (Å²) in [5.41, 5.74) is 0.